The molecule has 2 aromatic rings. The van der Waals surface area contributed by atoms with Crippen molar-refractivity contribution in [3.05, 3.63) is 23.9 Å². The number of aryl methyl sites for hydroxylation is 1. The Morgan fingerprint density at radius 3 is 3.00 bits per heavy atom. The normalized spacial score (nSPS) is 16.9. The summed E-state index contributed by atoms with van der Waals surface area (Å²) in [5, 5.41) is 7.74. The van der Waals surface area contributed by atoms with Crippen LogP contribution in [0.25, 0.3) is 5.65 Å². The molecule has 3 heterocycles. The molecule has 1 aliphatic heterocycles. The van der Waals surface area contributed by atoms with Crippen LogP contribution < -0.4 is 5.32 Å². The minimum atomic E-state index is 0.719. The Kier molecular flexibility index (Phi) is 3.89. The average Bonchev–Trinajstić information content (AvgIpc) is 2.82. The summed E-state index contributed by atoms with van der Waals surface area (Å²) < 4.78 is 1.83. The maximum atomic E-state index is 4.45. The van der Waals surface area contributed by atoms with E-state index >= 15 is 0 Å². The SMILES string of the molecule is Cc1ccc2nc(NCCN3CCSCC3)nn2c1. The van der Waals surface area contributed by atoms with E-state index in [1.807, 2.05) is 28.5 Å². The highest BCUT2D eigenvalue weighted by atomic mass is 32.2. The van der Waals surface area contributed by atoms with Crippen molar-refractivity contribution in [3.8, 4) is 0 Å². The fourth-order valence-electron chi connectivity index (χ4n) is 2.21. The number of anilines is 1. The number of pyridine rings is 1. The Balaban J connectivity index is 1.56. The largest absolute Gasteiger partial charge is 0.352 e. The van der Waals surface area contributed by atoms with Crippen LogP contribution in [0.15, 0.2) is 18.3 Å². The third-order valence-corrected chi connectivity index (χ3v) is 4.24. The molecule has 0 aromatic carbocycles. The van der Waals surface area contributed by atoms with Crippen LogP contribution in [0.1, 0.15) is 5.56 Å². The van der Waals surface area contributed by atoms with Gasteiger partial charge in [-0.25, -0.2) is 4.52 Å². The lowest BCUT2D eigenvalue weighted by Gasteiger charge is -2.25. The number of aromatic nitrogens is 3. The molecule has 5 nitrogen and oxygen atoms in total. The third kappa shape index (κ3) is 3.19. The van der Waals surface area contributed by atoms with Gasteiger partial charge in [-0.05, 0) is 18.6 Å². The summed E-state index contributed by atoms with van der Waals surface area (Å²) >= 11 is 2.04. The fourth-order valence-corrected chi connectivity index (χ4v) is 3.19. The Morgan fingerprint density at radius 1 is 1.32 bits per heavy atom. The van der Waals surface area contributed by atoms with Gasteiger partial charge in [0, 0.05) is 43.9 Å². The molecule has 0 bridgehead atoms. The zero-order chi connectivity index (χ0) is 13.1. The fraction of sp³-hybridized carbons (Fsp3) is 0.538. The number of hydrogen-bond acceptors (Lipinski definition) is 5. The van der Waals surface area contributed by atoms with Gasteiger partial charge in [0.15, 0.2) is 5.65 Å². The third-order valence-electron chi connectivity index (χ3n) is 3.29. The second kappa shape index (κ2) is 5.79. The topological polar surface area (TPSA) is 45.5 Å². The van der Waals surface area contributed by atoms with E-state index in [1.165, 1.54) is 30.2 Å². The van der Waals surface area contributed by atoms with Crippen LogP contribution in [0, 0.1) is 6.92 Å². The van der Waals surface area contributed by atoms with E-state index in [2.05, 4.69) is 33.3 Å². The quantitative estimate of drug-likeness (QED) is 0.917. The summed E-state index contributed by atoms with van der Waals surface area (Å²) in [5.41, 5.74) is 2.08. The molecule has 0 radical (unpaired) electrons. The molecule has 3 rings (SSSR count). The molecule has 102 valence electrons. The molecular formula is C13H19N5S. The summed E-state index contributed by atoms with van der Waals surface area (Å²) in [4.78, 5) is 6.94. The minimum Gasteiger partial charge on any atom is -0.352 e. The molecule has 0 atom stereocenters. The lowest BCUT2D eigenvalue weighted by atomic mass is 10.3. The molecule has 1 N–H and O–H groups in total. The number of rotatable bonds is 4. The predicted molar refractivity (Wildman–Crippen MR) is 80.0 cm³/mol. The van der Waals surface area contributed by atoms with E-state index in [4.69, 9.17) is 0 Å². The van der Waals surface area contributed by atoms with Crippen LogP contribution in [0.3, 0.4) is 0 Å². The summed E-state index contributed by atoms with van der Waals surface area (Å²) in [6.45, 7) is 6.42. The monoisotopic (exact) mass is 277 g/mol. The number of fused-ring (bicyclic) bond motifs is 1. The molecule has 0 saturated carbocycles. The molecule has 2 aromatic heterocycles. The number of nitrogens with zero attached hydrogens (tertiary/aromatic N) is 4. The molecule has 6 heteroatoms. The highest BCUT2D eigenvalue weighted by molar-refractivity contribution is 7.99. The van der Waals surface area contributed by atoms with Gasteiger partial charge in [0.1, 0.15) is 0 Å². The molecule has 1 fully saturated rings. The van der Waals surface area contributed by atoms with Gasteiger partial charge in [-0.3, -0.25) is 4.90 Å². The van der Waals surface area contributed by atoms with E-state index in [0.29, 0.717) is 0 Å². The van der Waals surface area contributed by atoms with Crippen LogP contribution in [-0.4, -0.2) is 57.2 Å². The van der Waals surface area contributed by atoms with Crippen LogP contribution in [0.4, 0.5) is 5.95 Å². The summed E-state index contributed by atoms with van der Waals surface area (Å²) in [5.74, 6) is 3.23. The van der Waals surface area contributed by atoms with E-state index in [0.717, 1.165) is 24.7 Å². The molecule has 0 spiro atoms. The van der Waals surface area contributed by atoms with E-state index in [9.17, 15) is 0 Å². The van der Waals surface area contributed by atoms with Gasteiger partial charge in [-0.2, -0.15) is 16.7 Å². The van der Waals surface area contributed by atoms with E-state index in [-0.39, 0.29) is 0 Å². The zero-order valence-corrected chi connectivity index (χ0v) is 12.0. The van der Waals surface area contributed by atoms with Gasteiger partial charge in [-0.15, -0.1) is 5.10 Å². The first-order valence-corrected chi connectivity index (χ1v) is 7.84. The lowest BCUT2D eigenvalue weighted by molar-refractivity contribution is 0.314. The van der Waals surface area contributed by atoms with Crippen molar-refractivity contribution in [2.24, 2.45) is 0 Å². The Bertz CT molecular complexity index is 547. The van der Waals surface area contributed by atoms with Gasteiger partial charge in [0.2, 0.25) is 5.95 Å². The maximum Gasteiger partial charge on any atom is 0.243 e. The molecule has 19 heavy (non-hydrogen) atoms. The first-order chi connectivity index (χ1) is 9.31. The number of hydrogen-bond donors (Lipinski definition) is 1. The highest BCUT2D eigenvalue weighted by Crippen LogP contribution is 2.09. The van der Waals surface area contributed by atoms with Crippen molar-refractivity contribution in [1.29, 1.82) is 0 Å². The molecule has 0 aliphatic carbocycles. The highest BCUT2D eigenvalue weighted by Gasteiger charge is 2.10. The zero-order valence-electron chi connectivity index (χ0n) is 11.2. The summed E-state index contributed by atoms with van der Waals surface area (Å²) in [6, 6.07) is 4.05. The van der Waals surface area contributed by atoms with Crippen molar-refractivity contribution < 1.29 is 0 Å². The van der Waals surface area contributed by atoms with Crippen LogP contribution >= 0.6 is 11.8 Å². The van der Waals surface area contributed by atoms with Crippen molar-refractivity contribution in [2.75, 3.05) is 43.0 Å². The second-order valence-corrected chi connectivity index (χ2v) is 6.05. The summed E-state index contributed by atoms with van der Waals surface area (Å²) in [6.07, 6.45) is 2.00. The van der Waals surface area contributed by atoms with Crippen LogP contribution in [-0.2, 0) is 0 Å². The van der Waals surface area contributed by atoms with Gasteiger partial charge in [0.05, 0.1) is 0 Å². The molecule has 0 unspecified atom stereocenters. The number of thioether (sulfide) groups is 1. The molecule has 0 amide bonds. The summed E-state index contributed by atoms with van der Waals surface area (Å²) in [7, 11) is 0. The van der Waals surface area contributed by atoms with Crippen molar-refractivity contribution in [1.82, 2.24) is 19.5 Å². The molecule has 1 saturated heterocycles. The Hall–Kier alpha value is -1.27. The van der Waals surface area contributed by atoms with Crippen LogP contribution in [0.2, 0.25) is 0 Å². The second-order valence-electron chi connectivity index (χ2n) is 4.83. The minimum absolute atomic E-state index is 0.719. The van der Waals surface area contributed by atoms with E-state index in [1.54, 1.807) is 0 Å². The van der Waals surface area contributed by atoms with Gasteiger partial charge in [0.25, 0.3) is 0 Å². The molecular weight excluding hydrogens is 258 g/mol. The van der Waals surface area contributed by atoms with Gasteiger partial charge in [-0.1, -0.05) is 6.07 Å². The standard InChI is InChI=1S/C13H19N5S/c1-11-2-3-12-15-13(16-18(12)10-11)14-4-5-17-6-8-19-9-7-17/h2-3,10H,4-9H2,1H3,(H,14,16). The Labute approximate surface area is 117 Å². The first kappa shape index (κ1) is 12.7. The smallest absolute Gasteiger partial charge is 0.243 e. The van der Waals surface area contributed by atoms with Crippen molar-refractivity contribution in [2.45, 2.75) is 6.92 Å². The van der Waals surface area contributed by atoms with E-state index < -0.39 is 0 Å². The maximum absolute atomic E-state index is 4.45. The predicted octanol–water partition coefficient (Wildman–Crippen LogP) is 1.50. The van der Waals surface area contributed by atoms with Crippen molar-refractivity contribution >= 4 is 23.4 Å². The molecule has 1 aliphatic rings. The van der Waals surface area contributed by atoms with Crippen molar-refractivity contribution in [3.63, 3.8) is 0 Å². The van der Waals surface area contributed by atoms with Gasteiger partial charge < -0.3 is 5.32 Å². The average molecular weight is 277 g/mol. The lowest BCUT2D eigenvalue weighted by Crippen LogP contribution is -2.36. The van der Waals surface area contributed by atoms with Crippen LogP contribution in [0.5, 0.6) is 0 Å². The Morgan fingerprint density at radius 2 is 2.16 bits per heavy atom. The number of nitrogens with one attached hydrogen (secondary N) is 1. The van der Waals surface area contributed by atoms with Gasteiger partial charge >= 0.3 is 0 Å². The first-order valence-electron chi connectivity index (χ1n) is 6.68.